The highest BCUT2D eigenvalue weighted by Gasteiger charge is 2.25. The van der Waals surface area contributed by atoms with Gasteiger partial charge in [0.05, 0.1) is 0 Å². The molecular formula is C19H21NO4. The van der Waals surface area contributed by atoms with E-state index in [1.165, 1.54) is 0 Å². The molecule has 5 nitrogen and oxygen atoms in total. The van der Waals surface area contributed by atoms with E-state index >= 15 is 0 Å². The Kier molecular flexibility index (Phi) is 6.51. The van der Waals surface area contributed by atoms with Gasteiger partial charge < -0.3 is 10.2 Å². The van der Waals surface area contributed by atoms with E-state index in [1.54, 1.807) is 0 Å². The molecule has 0 spiro atoms. The van der Waals surface area contributed by atoms with E-state index in [4.69, 9.17) is 0 Å². The van der Waals surface area contributed by atoms with Crippen molar-refractivity contribution in [2.45, 2.75) is 31.3 Å². The molecule has 0 aromatic heterocycles. The van der Waals surface area contributed by atoms with Crippen LogP contribution in [0, 0.1) is 0 Å². The number of carbonyl (C=O) groups is 2. The summed E-state index contributed by atoms with van der Waals surface area (Å²) < 4.78 is 0. The molecule has 126 valence electrons. The monoisotopic (exact) mass is 327 g/mol. The molecule has 0 fully saturated rings. The van der Waals surface area contributed by atoms with Crippen LogP contribution >= 0.6 is 0 Å². The summed E-state index contributed by atoms with van der Waals surface area (Å²) in [5.74, 6) is -2.09. The standard InChI is InChI=1S/C19H21NO4/c21-18(22)16(12-11-14-7-3-1-4-8-14)20-17(19(23)24)13-15-9-5-2-6-10-15/h1-10,16-17,20H,11-13H2,(H,21,22)(H,23,24). The van der Waals surface area contributed by atoms with Crippen molar-refractivity contribution in [3.8, 4) is 0 Å². The number of benzene rings is 2. The zero-order chi connectivity index (χ0) is 17.4. The highest BCUT2D eigenvalue weighted by atomic mass is 16.4. The van der Waals surface area contributed by atoms with E-state index in [0.717, 1.165) is 11.1 Å². The summed E-state index contributed by atoms with van der Waals surface area (Å²) in [6.07, 6.45) is 1.14. The lowest BCUT2D eigenvalue weighted by Crippen LogP contribution is -2.48. The van der Waals surface area contributed by atoms with Gasteiger partial charge in [0.25, 0.3) is 0 Å². The minimum absolute atomic E-state index is 0.241. The van der Waals surface area contributed by atoms with E-state index in [1.807, 2.05) is 60.7 Å². The molecule has 2 atom stereocenters. The molecule has 0 bridgehead atoms. The van der Waals surface area contributed by atoms with E-state index in [2.05, 4.69) is 5.32 Å². The molecule has 2 aromatic carbocycles. The smallest absolute Gasteiger partial charge is 0.321 e. The Hall–Kier alpha value is -2.66. The quantitative estimate of drug-likeness (QED) is 0.658. The second-order valence-electron chi connectivity index (χ2n) is 5.66. The molecule has 0 aliphatic rings. The summed E-state index contributed by atoms with van der Waals surface area (Å²) >= 11 is 0. The van der Waals surface area contributed by atoms with Crippen molar-refractivity contribution in [3.05, 3.63) is 71.8 Å². The van der Waals surface area contributed by atoms with Gasteiger partial charge in [0.1, 0.15) is 12.1 Å². The van der Waals surface area contributed by atoms with Crippen molar-refractivity contribution in [2.24, 2.45) is 0 Å². The molecule has 2 rings (SSSR count). The lowest BCUT2D eigenvalue weighted by atomic mass is 10.0. The van der Waals surface area contributed by atoms with Crippen LogP contribution < -0.4 is 5.32 Å². The van der Waals surface area contributed by atoms with Gasteiger partial charge in [0, 0.05) is 0 Å². The van der Waals surface area contributed by atoms with Crippen LogP contribution in [-0.2, 0) is 22.4 Å². The number of aryl methyl sites for hydroxylation is 1. The van der Waals surface area contributed by atoms with Crippen LogP contribution in [0.25, 0.3) is 0 Å². The van der Waals surface area contributed by atoms with Gasteiger partial charge in [0.2, 0.25) is 0 Å². The molecule has 0 saturated carbocycles. The minimum atomic E-state index is -1.05. The van der Waals surface area contributed by atoms with E-state index in [0.29, 0.717) is 12.8 Å². The van der Waals surface area contributed by atoms with Crippen molar-refractivity contribution in [3.63, 3.8) is 0 Å². The van der Waals surface area contributed by atoms with Crippen molar-refractivity contribution < 1.29 is 19.8 Å². The van der Waals surface area contributed by atoms with Crippen molar-refractivity contribution >= 4 is 11.9 Å². The molecule has 0 saturated heterocycles. The Morgan fingerprint density at radius 3 is 1.79 bits per heavy atom. The summed E-state index contributed by atoms with van der Waals surface area (Å²) in [7, 11) is 0. The third-order valence-electron chi connectivity index (χ3n) is 3.85. The molecular weight excluding hydrogens is 306 g/mol. The fourth-order valence-corrected chi connectivity index (χ4v) is 2.54. The van der Waals surface area contributed by atoms with Crippen LogP contribution in [0.4, 0.5) is 0 Å². The van der Waals surface area contributed by atoms with Gasteiger partial charge in [-0.3, -0.25) is 14.9 Å². The molecule has 0 amide bonds. The molecule has 2 unspecified atom stereocenters. The zero-order valence-corrected chi connectivity index (χ0v) is 13.3. The van der Waals surface area contributed by atoms with Crippen molar-refractivity contribution in [1.29, 1.82) is 0 Å². The topological polar surface area (TPSA) is 86.6 Å². The molecule has 3 N–H and O–H groups in total. The first kappa shape index (κ1) is 17.7. The number of carboxylic acids is 2. The van der Waals surface area contributed by atoms with Crippen LogP contribution in [0.2, 0.25) is 0 Å². The van der Waals surface area contributed by atoms with Gasteiger partial charge in [-0.25, -0.2) is 0 Å². The number of carboxylic acid groups (broad SMARTS) is 2. The largest absolute Gasteiger partial charge is 0.480 e. The lowest BCUT2D eigenvalue weighted by Gasteiger charge is -2.20. The number of aliphatic carboxylic acids is 2. The van der Waals surface area contributed by atoms with E-state index in [-0.39, 0.29) is 6.42 Å². The first-order valence-electron chi connectivity index (χ1n) is 7.86. The number of hydrogen-bond donors (Lipinski definition) is 3. The fourth-order valence-electron chi connectivity index (χ4n) is 2.54. The first-order chi connectivity index (χ1) is 11.6. The summed E-state index contributed by atoms with van der Waals surface area (Å²) in [4.78, 5) is 23.0. The fraction of sp³-hybridized carbons (Fsp3) is 0.263. The highest BCUT2D eigenvalue weighted by Crippen LogP contribution is 2.09. The Morgan fingerprint density at radius 2 is 1.29 bits per heavy atom. The van der Waals surface area contributed by atoms with Crippen LogP contribution in [-0.4, -0.2) is 34.2 Å². The third kappa shape index (κ3) is 5.52. The van der Waals surface area contributed by atoms with Gasteiger partial charge >= 0.3 is 11.9 Å². The average molecular weight is 327 g/mol. The van der Waals surface area contributed by atoms with E-state index in [9.17, 15) is 19.8 Å². The van der Waals surface area contributed by atoms with Crippen LogP contribution in [0.3, 0.4) is 0 Å². The van der Waals surface area contributed by atoms with Crippen LogP contribution in [0.5, 0.6) is 0 Å². The van der Waals surface area contributed by atoms with Crippen LogP contribution in [0.1, 0.15) is 17.5 Å². The summed E-state index contributed by atoms with van der Waals surface area (Å²) in [6, 6.07) is 16.9. The van der Waals surface area contributed by atoms with Gasteiger partial charge in [-0.15, -0.1) is 0 Å². The zero-order valence-electron chi connectivity index (χ0n) is 13.3. The maximum atomic E-state index is 11.5. The van der Waals surface area contributed by atoms with Gasteiger partial charge in [-0.2, -0.15) is 0 Å². The summed E-state index contributed by atoms with van der Waals surface area (Å²) in [5, 5.41) is 21.6. The van der Waals surface area contributed by atoms with E-state index < -0.39 is 24.0 Å². The number of nitrogens with one attached hydrogen (secondary N) is 1. The molecule has 0 aliphatic carbocycles. The number of rotatable bonds is 9. The molecule has 0 aliphatic heterocycles. The molecule has 0 radical (unpaired) electrons. The lowest BCUT2D eigenvalue weighted by molar-refractivity contribution is -0.142. The minimum Gasteiger partial charge on any atom is -0.480 e. The number of hydrogen-bond acceptors (Lipinski definition) is 3. The SMILES string of the molecule is O=C(O)C(CCc1ccccc1)NC(Cc1ccccc1)C(=O)O. The second kappa shape index (κ2) is 8.84. The average Bonchev–Trinajstić information content (AvgIpc) is 2.59. The van der Waals surface area contributed by atoms with Crippen molar-refractivity contribution in [2.75, 3.05) is 0 Å². The normalized spacial score (nSPS) is 13.2. The molecule has 5 heteroatoms. The van der Waals surface area contributed by atoms with Crippen molar-refractivity contribution in [1.82, 2.24) is 5.32 Å². The maximum absolute atomic E-state index is 11.5. The first-order valence-corrected chi connectivity index (χ1v) is 7.86. The predicted octanol–water partition coefficient (Wildman–Crippen LogP) is 2.36. The molecule has 2 aromatic rings. The molecule has 0 heterocycles. The Morgan fingerprint density at radius 1 is 0.792 bits per heavy atom. The van der Waals surface area contributed by atoms with Gasteiger partial charge in [0.15, 0.2) is 0 Å². The Labute approximate surface area is 141 Å². The highest BCUT2D eigenvalue weighted by molar-refractivity contribution is 5.77. The Bertz CT molecular complexity index is 658. The second-order valence-corrected chi connectivity index (χ2v) is 5.66. The maximum Gasteiger partial charge on any atom is 0.321 e. The summed E-state index contributed by atoms with van der Waals surface area (Å²) in [5.41, 5.74) is 1.88. The third-order valence-corrected chi connectivity index (χ3v) is 3.85. The molecule has 24 heavy (non-hydrogen) atoms. The predicted molar refractivity (Wildman–Crippen MR) is 90.9 cm³/mol. The summed E-state index contributed by atoms with van der Waals surface area (Å²) in [6.45, 7) is 0. The van der Waals surface area contributed by atoms with Crippen LogP contribution in [0.15, 0.2) is 60.7 Å². The Balaban J connectivity index is 2.00. The van der Waals surface area contributed by atoms with Gasteiger partial charge in [-0.1, -0.05) is 60.7 Å². The van der Waals surface area contributed by atoms with Gasteiger partial charge in [-0.05, 0) is 30.4 Å².